The summed E-state index contributed by atoms with van der Waals surface area (Å²) in [7, 11) is -1.15. The van der Waals surface area contributed by atoms with Crippen molar-refractivity contribution < 1.29 is 9.53 Å². The number of hydrogen-bond donors (Lipinski definition) is 0. The number of hydrogen-bond acceptors (Lipinski definition) is 2. The Bertz CT molecular complexity index is 391. The summed E-state index contributed by atoms with van der Waals surface area (Å²) in [5.74, 6) is 1.67. The molecular formula is C17H31NO2Si. The lowest BCUT2D eigenvalue weighted by Crippen LogP contribution is -2.51. The van der Waals surface area contributed by atoms with Gasteiger partial charge in [-0.05, 0) is 43.1 Å². The monoisotopic (exact) mass is 309 g/mol. The molecule has 0 radical (unpaired) electrons. The average molecular weight is 310 g/mol. The van der Waals surface area contributed by atoms with Crippen LogP contribution < -0.4 is 0 Å². The molecule has 1 amide bonds. The van der Waals surface area contributed by atoms with E-state index >= 15 is 0 Å². The van der Waals surface area contributed by atoms with Gasteiger partial charge in [-0.15, -0.1) is 6.58 Å². The number of nitrogens with zero attached hydrogens (tertiary/aromatic N) is 1. The van der Waals surface area contributed by atoms with Crippen molar-refractivity contribution in [3.8, 4) is 0 Å². The van der Waals surface area contributed by atoms with Crippen LogP contribution in [0.1, 0.15) is 26.2 Å². The summed E-state index contributed by atoms with van der Waals surface area (Å²) in [6, 6.07) is 1.34. The van der Waals surface area contributed by atoms with E-state index in [2.05, 4.69) is 33.1 Å². The molecule has 21 heavy (non-hydrogen) atoms. The zero-order valence-electron chi connectivity index (χ0n) is 14.1. The van der Waals surface area contributed by atoms with E-state index in [-0.39, 0.29) is 6.09 Å². The van der Waals surface area contributed by atoms with Crippen molar-refractivity contribution in [3.63, 3.8) is 0 Å². The second-order valence-electron chi connectivity index (χ2n) is 8.10. The van der Waals surface area contributed by atoms with Crippen LogP contribution in [0.25, 0.3) is 0 Å². The van der Waals surface area contributed by atoms with Crippen LogP contribution >= 0.6 is 0 Å². The third-order valence-electron chi connectivity index (χ3n) is 5.10. The molecule has 1 aliphatic carbocycles. The van der Waals surface area contributed by atoms with E-state index in [1.807, 2.05) is 11.0 Å². The van der Waals surface area contributed by atoms with E-state index in [0.29, 0.717) is 30.4 Å². The maximum atomic E-state index is 12.5. The highest BCUT2D eigenvalue weighted by molar-refractivity contribution is 6.76. The van der Waals surface area contributed by atoms with E-state index in [9.17, 15) is 4.79 Å². The number of fused-ring (bicyclic) bond motifs is 2. The van der Waals surface area contributed by atoms with Crippen molar-refractivity contribution in [2.75, 3.05) is 13.2 Å². The normalized spacial score (nSPS) is 30.1. The van der Waals surface area contributed by atoms with Crippen LogP contribution in [0.3, 0.4) is 0 Å². The van der Waals surface area contributed by atoms with Crippen molar-refractivity contribution in [1.82, 2.24) is 4.90 Å². The highest BCUT2D eigenvalue weighted by Gasteiger charge is 2.44. The first-order valence-electron chi connectivity index (χ1n) is 8.38. The minimum Gasteiger partial charge on any atom is -0.450 e. The number of ether oxygens (including phenoxy) is 1. The van der Waals surface area contributed by atoms with Gasteiger partial charge in [-0.3, -0.25) is 0 Å². The number of carbonyl (C=O) groups excluding carboxylic acids is 1. The van der Waals surface area contributed by atoms with Crippen molar-refractivity contribution >= 4 is 14.2 Å². The van der Waals surface area contributed by atoms with Gasteiger partial charge in [-0.2, -0.15) is 0 Å². The Kier molecular flexibility index (Phi) is 5.18. The summed E-state index contributed by atoms with van der Waals surface area (Å²) in [5.41, 5.74) is 0. The number of likely N-dealkylation sites (tertiary alicyclic amines) is 1. The van der Waals surface area contributed by atoms with Gasteiger partial charge in [0, 0.05) is 20.7 Å². The van der Waals surface area contributed by atoms with Crippen molar-refractivity contribution in [1.29, 1.82) is 0 Å². The SMILES string of the molecule is C=C[C@@H](C)[C@H]1[C@@H]2CC[C@@H](C2)CN1C(=O)OCC[Si](C)(C)C. The summed E-state index contributed by atoms with van der Waals surface area (Å²) < 4.78 is 5.59. The molecule has 0 aromatic rings. The van der Waals surface area contributed by atoms with Gasteiger partial charge in [0.15, 0.2) is 0 Å². The van der Waals surface area contributed by atoms with Gasteiger partial charge in [-0.25, -0.2) is 4.79 Å². The van der Waals surface area contributed by atoms with Gasteiger partial charge >= 0.3 is 6.09 Å². The fourth-order valence-corrected chi connectivity index (χ4v) is 4.53. The van der Waals surface area contributed by atoms with Crippen molar-refractivity contribution in [2.24, 2.45) is 17.8 Å². The Morgan fingerprint density at radius 1 is 1.43 bits per heavy atom. The molecule has 1 aliphatic heterocycles. The lowest BCUT2D eigenvalue weighted by Gasteiger charge is -2.42. The van der Waals surface area contributed by atoms with Gasteiger partial charge in [0.25, 0.3) is 0 Å². The molecule has 2 aliphatic rings. The lowest BCUT2D eigenvalue weighted by molar-refractivity contribution is 0.0424. The molecule has 0 N–H and O–H groups in total. The van der Waals surface area contributed by atoms with Crippen LogP contribution in [0, 0.1) is 17.8 Å². The maximum absolute atomic E-state index is 12.5. The number of amides is 1. The molecule has 2 bridgehead atoms. The minimum absolute atomic E-state index is 0.0939. The molecule has 2 rings (SSSR count). The van der Waals surface area contributed by atoms with Crippen molar-refractivity contribution in [3.05, 3.63) is 12.7 Å². The predicted octanol–water partition coefficient (Wildman–Crippen LogP) is 4.38. The molecule has 120 valence electrons. The molecule has 1 saturated carbocycles. The van der Waals surface area contributed by atoms with Crippen LogP contribution in [-0.4, -0.2) is 38.3 Å². The fraction of sp³-hybridized carbons (Fsp3) is 0.824. The molecule has 0 aromatic heterocycles. The molecule has 1 saturated heterocycles. The van der Waals surface area contributed by atoms with E-state index in [4.69, 9.17) is 4.74 Å². The first-order valence-corrected chi connectivity index (χ1v) is 12.1. The Morgan fingerprint density at radius 2 is 2.14 bits per heavy atom. The summed E-state index contributed by atoms with van der Waals surface area (Å²) in [6.07, 6.45) is 5.70. The number of piperidine rings is 1. The minimum atomic E-state index is -1.15. The molecular weight excluding hydrogens is 278 g/mol. The van der Waals surface area contributed by atoms with Crippen LogP contribution in [0.5, 0.6) is 0 Å². The quantitative estimate of drug-likeness (QED) is 0.557. The van der Waals surface area contributed by atoms with Crippen LogP contribution in [-0.2, 0) is 4.74 Å². The van der Waals surface area contributed by atoms with E-state index in [0.717, 1.165) is 12.6 Å². The van der Waals surface area contributed by atoms with E-state index in [1.165, 1.54) is 19.3 Å². The number of carbonyl (C=O) groups is 1. The first kappa shape index (κ1) is 16.6. The lowest BCUT2D eigenvalue weighted by atomic mass is 9.83. The molecule has 0 aromatic carbocycles. The van der Waals surface area contributed by atoms with Crippen LogP contribution in [0.2, 0.25) is 25.7 Å². The van der Waals surface area contributed by atoms with E-state index < -0.39 is 8.07 Å². The summed E-state index contributed by atoms with van der Waals surface area (Å²) in [4.78, 5) is 14.5. The zero-order chi connectivity index (χ0) is 15.6. The average Bonchev–Trinajstić information content (AvgIpc) is 2.78. The Balaban J connectivity index is 1.98. The van der Waals surface area contributed by atoms with Gasteiger partial charge < -0.3 is 9.64 Å². The van der Waals surface area contributed by atoms with Gasteiger partial charge in [0.1, 0.15) is 0 Å². The second kappa shape index (κ2) is 6.55. The van der Waals surface area contributed by atoms with Gasteiger partial charge in [0.05, 0.1) is 6.61 Å². The van der Waals surface area contributed by atoms with Gasteiger partial charge in [-0.1, -0.05) is 32.6 Å². The smallest absolute Gasteiger partial charge is 0.410 e. The molecule has 2 fully saturated rings. The molecule has 4 atom stereocenters. The second-order valence-corrected chi connectivity index (χ2v) is 13.7. The zero-order valence-corrected chi connectivity index (χ0v) is 15.1. The predicted molar refractivity (Wildman–Crippen MR) is 90.2 cm³/mol. The van der Waals surface area contributed by atoms with Crippen LogP contribution in [0.15, 0.2) is 12.7 Å². The highest BCUT2D eigenvalue weighted by atomic mass is 28.3. The van der Waals surface area contributed by atoms with E-state index in [1.54, 1.807) is 0 Å². The molecule has 4 heteroatoms. The largest absolute Gasteiger partial charge is 0.450 e. The molecule has 1 heterocycles. The first-order chi connectivity index (χ1) is 9.81. The number of rotatable bonds is 5. The fourth-order valence-electron chi connectivity index (χ4n) is 3.82. The maximum Gasteiger partial charge on any atom is 0.410 e. The van der Waals surface area contributed by atoms with Crippen molar-refractivity contribution in [2.45, 2.75) is 57.9 Å². The highest BCUT2D eigenvalue weighted by Crippen LogP contribution is 2.43. The third-order valence-corrected chi connectivity index (χ3v) is 6.81. The standard InChI is InChI=1S/C17H31NO2Si/c1-6-13(2)16-15-8-7-14(11-15)12-18(16)17(19)20-9-10-21(3,4)5/h6,13-16H,1,7-12H2,2-5H3/t13-,14+,15-,16+/m1/s1. The van der Waals surface area contributed by atoms with Gasteiger partial charge in [0.2, 0.25) is 0 Å². The third kappa shape index (κ3) is 4.12. The Hall–Kier alpha value is -0.773. The molecule has 0 unspecified atom stereocenters. The summed E-state index contributed by atoms with van der Waals surface area (Å²) >= 11 is 0. The molecule has 3 nitrogen and oxygen atoms in total. The topological polar surface area (TPSA) is 29.5 Å². The molecule has 0 spiro atoms. The Labute approximate surface area is 130 Å². The summed E-state index contributed by atoms with van der Waals surface area (Å²) in [6.45, 7) is 14.5. The van der Waals surface area contributed by atoms with Crippen LogP contribution in [0.4, 0.5) is 4.79 Å². The summed E-state index contributed by atoms with van der Waals surface area (Å²) in [5, 5.41) is 0. The Morgan fingerprint density at radius 3 is 2.76 bits per heavy atom.